The van der Waals surface area contributed by atoms with Gasteiger partial charge in [-0.3, -0.25) is 9.59 Å². The maximum Gasteiger partial charge on any atom is 0.276 e. The van der Waals surface area contributed by atoms with Crippen LogP contribution in [0.25, 0.3) is 11.1 Å². The Morgan fingerprint density at radius 2 is 1.52 bits per heavy atom. The van der Waals surface area contributed by atoms with Gasteiger partial charge in [0.05, 0.1) is 26.3 Å². The van der Waals surface area contributed by atoms with Crippen LogP contribution in [-0.4, -0.2) is 48.1 Å². The van der Waals surface area contributed by atoms with E-state index in [4.69, 9.17) is 16.3 Å². The molecule has 0 radical (unpaired) electrons. The highest BCUT2D eigenvalue weighted by atomic mass is 35.5. The molecule has 2 aromatic rings. The molecule has 2 heterocycles. The van der Waals surface area contributed by atoms with Gasteiger partial charge in [0.2, 0.25) is 4.87 Å². The van der Waals surface area contributed by atoms with Crippen LogP contribution in [0.2, 0.25) is 0 Å². The first kappa shape index (κ1) is 18.0. The number of carbonyl (C=O) groups is 2. The van der Waals surface area contributed by atoms with Gasteiger partial charge in [0, 0.05) is 0 Å². The van der Waals surface area contributed by atoms with E-state index in [-0.39, 0.29) is 0 Å². The molecule has 0 saturated carbocycles. The molecular formula is C21H21ClN2O3. The predicted molar refractivity (Wildman–Crippen MR) is 103 cm³/mol. The highest BCUT2D eigenvalue weighted by molar-refractivity contribution is 6.47. The lowest BCUT2D eigenvalue weighted by Gasteiger charge is -2.23. The van der Waals surface area contributed by atoms with E-state index < -0.39 is 16.7 Å². The number of fused-ring (bicyclic) bond motifs is 1. The number of hydrogen-bond acceptors (Lipinski definition) is 3. The molecule has 0 N–H and O–H groups in total. The second-order valence-electron chi connectivity index (χ2n) is 6.98. The Balaban J connectivity index is 1.85. The minimum Gasteiger partial charge on any atom is -0.378 e. The fourth-order valence-corrected chi connectivity index (χ4v) is 4.30. The number of rotatable bonds is 2. The van der Waals surface area contributed by atoms with Crippen molar-refractivity contribution in [3.63, 3.8) is 0 Å². The van der Waals surface area contributed by atoms with Crippen LogP contribution < -0.4 is 0 Å². The summed E-state index contributed by atoms with van der Waals surface area (Å²) in [7, 11) is 0. The number of halogens is 1. The van der Waals surface area contributed by atoms with Crippen molar-refractivity contribution in [1.82, 2.24) is 10.0 Å². The Labute approximate surface area is 163 Å². The number of nitrogens with zero attached hydrogens (tertiary/aromatic N) is 2. The van der Waals surface area contributed by atoms with E-state index in [0.717, 1.165) is 22.3 Å². The van der Waals surface area contributed by atoms with Crippen LogP contribution in [0.1, 0.15) is 16.7 Å². The van der Waals surface area contributed by atoms with Gasteiger partial charge in [-0.1, -0.05) is 48.0 Å². The molecule has 2 fully saturated rings. The van der Waals surface area contributed by atoms with Crippen molar-refractivity contribution in [2.75, 3.05) is 26.3 Å². The number of amides is 2. The molecule has 0 bridgehead atoms. The smallest absolute Gasteiger partial charge is 0.276 e. The van der Waals surface area contributed by atoms with Crippen molar-refractivity contribution in [2.24, 2.45) is 0 Å². The van der Waals surface area contributed by atoms with E-state index in [1.165, 1.54) is 10.0 Å². The van der Waals surface area contributed by atoms with E-state index in [1.54, 1.807) is 0 Å². The van der Waals surface area contributed by atoms with E-state index in [1.807, 2.05) is 56.3 Å². The molecule has 0 aliphatic carbocycles. The minimum absolute atomic E-state index is 0.329. The van der Waals surface area contributed by atoms with Crippen molar-refractivity contribution in [2.45, 2.75) is 18.7 Å². The van der Waals surface area contributed by atoms with Gasteiger partial charge in [-0.25, -0.2) is 10.0 Å². The van der Waals surface area contributed by atoms with Crippen LogP contribution in [0, 0.1) is 13.8 Å². The summed E-state index contributed by atoms with van der Waals surface area (Å²) in [6.45, 7) is 5.36. The highest BCUT2D eigenvalue weighted by Crippen LogP contribution is 2.43. The van der Waals surface area contributed by atoms with Crippen LogP contribution in [0.15, 0.2) is 42.5 Å². The first-order valence-corrected chi connectivity index (χ1v) is 9.40. The second-order valence-corrected chi connectivity index (χ2v) is 7.54. The number of benzene rings is 2. The summed E-state index contributed by atoms with van der Waals surface area (Å²) < 4.78 is 5.39. The Hall–Kier alpha value is -2.37. The zero-order valence-electron chi connectivity index (χ0n) is 15.4. The van der Waals surface area contributed by atoms with E-state index in [9.17, 15) is 9.59 Å². The normalized spacial score (nSPS) is 19.2. The van der Waals surface area contributed by atoms with Crippen LogP contribution in [0.4, 0.5) is 0 Å². The van der Waals surface area contributed by atoms with Crippen LogP contribution >= 0.6 is 11.6 Å². The molecule has 4 rings (SSSR count). The molecule has 6 heteroatoms. The van der Waals surface area contributed by atoms with E-state index in [2.05, 4.69) is 0 Å². The summed E-state index contributed by atoms with van der Waals surface area (Å²) in [6, 6.07) is 13.8. The second kappa shape index (κ2) is 6.66. The van der Waals surface area contributed by atoms with Crippen molar-refractivity contribution in [1.29, 1.82) is 0 Å². The molecule has 5 nitrogen and oxygen atoms in total. The molecule has 140 valence electrons. The largest absolute Gasteiger partial charge is 0.378 e. The van der Waals surface area contributed by atoms with Gasteiger partial charge in [0.1, 0.15) is 0 Å². The summed E-state index contributed by atoms with van der Waals surface area (Å²) in [4.78, 5) is 24.6. The Bertz CT molecular complexity index is 889. The van der Waals surface area contributed by atoms with Gasteiger partial charge in [0.15, 0.2) is 0 Å². The van der Waals surface area contributed by atoms with Gasteiger partial charge >= 0.3 is 0 Å². The highest BCUT2D eigenvalue weighted by Gasteiger charge is 2.59. The Kier molecular flexibility index (Phi) is 4.44. The number of alkyl halides is 1. The van der Waals surface area contributed by atoms with Crippen LogP contribution in [0.3, 0.4) is 0 Å². The summed E-state index contributed by atoms with van der Waals surface area (Å²) in [6.07, 6.45) is 0. The Morgan fingerprint density at radius 3 is 2.11 bits per heavy atom. The lowest BCUT2D eigenvalue weighted by atomic mass is 9.87. The monoisotopic (exact) mass is 384 g/mol. The Morgan fingerprint density at radius 1 is 0.926 bits per heavy atom. The zero-order chi connectivity index (χ0) is 19.2. The van der Waals surface area contributed by atoms with Crippen LogP contribution in [0.5, 0.6) is 0 Å². The average molecular weight is 385 g/mol. The number of aryl methyl sites for hydroxylation is 2. The summed E-state index contributed by atoms with van der Waals surface area (Å²) in [5, 5.41) is 2.87. The van der Waals surface area contributed by atoms with Crippen molar-refractivity contribution < 1.29 is 14.3 Å². The number of hydrazine groups is 1. The summed E-state index contributed by atoms with van der Waals surface area (Å²) in [5.41, 5.74) is 4.45. The molecule has 0 spiro atoms. The average Bonchev–Trinajstić information content (AvgIpc) is 2.84. The third kappa shape index (κ3) is 2.73. The summed E-state index contributed by atoms with van der Waals surface area (Å²) in [5.74, 6) is -0.795. The predicted octanol–water partition coefficient (Wildman–Crippen LogP) is 3.02. The molecule has 27 heavy (non-hydrogen) atoms. The summed E-state index contributed by atoms with van der Waals surface area (Å²) >= 11 is 6.82. The first-order chi connectivity index (χ1) is 12.9. The number of ether oxygens (including phenoxy) is 1. The molecule has 2 aliphatic rings. The van der Waals surface area contributed by atoms with E-state index >= 15 is 0 Å². The lowest BCUT2D eigenvalue weighted by molar-refractivity contribution is -0.145. The maximum absolute atomic E-state index is 13.2. The first-order valence-electron chi connectivity index (χ1n) is 9.02. The number of carbonyl (C=O) groups excluding carboxylic acids is 2. The third-order valence-electron chi connectivity index (χ3n) is 5.27. The minimum atomic E-state index is -1.72. The fraction of sp³-hybridized carbons (Fsp3) is 0.333. The maximum atomic E-state index is 13.2. The van der Waals surface area contributed by atoms with Gasteiger partial charge in [-0.15, -0.1) is 0 Å². The molecule has 2 aromatic carbocycles. The number of hydrogen-bond donors (Lipinski definition) is 0. The third-order valence-corrected chi connectivity index (χ3v) is 5.80. The lowest BCUT2D eigenvalue weighted by Crippen LogP contribution is -2.41. The van der Waals surface area contributed by atoms with Crippen molar-refractivity contribution in [3.8, 4) is 11.1 Å². The van der Waals surface area contributed by atoms with Gasteiger partial charge in [-0.2, -0.15) is 0 Å². The van der Waals surface area contributed by atoms with Crippen molar-refractivity contribution in [3.05, 3.63) is 59.2 Å². The molecule has 2 amide bonds. The molecule has 2 saturated heterocycles. The molecular weight excluding hydrogens is 364 g/mol. The SMILES string of the molecule is Cc1cc(C)c(C2(Cl)C(=O)N3CCOCCN3C2=O)cc1-c1ccccc1. The van der Waals surface area contributed by atoms with Gasteiger partial charge < -0.3 is 4.74 Å². The fourth-order valence-electron chi connectivity index (χ4n) is 3.90. The standard InChI is InChI=1S/C21H21ClN2O3/c1-14-12-15(2)18(13-17(14)16-6-4-3-5-7-16)21(22)19(25)23-8-10-27-11-9-24(23)20(21)26/h3-7,12-13H,8-11H2,1-2H3. The molecule has 0 unspecified atom stereocenters. The van der Waals surface area contributed by atoms with Crippen LogP contribution in [-0.2, 0) is 19.2 Å². The quantitative estimate of drug-likeness (QED) is 0.590. The van der Waals surface area contributed by atoms with Gasteiger partial charge in [0.25, 0.3) is 11.8 Å². The van der Waals surface area contributed by atoms with E-state index in [0.29, 0.717) is 31.9 Å². The molecule has 2 aliphatic heterocycles. The zero-order valence-corrected chi connectivity index (χ0v) is 16.1. The molecule has 0 atom stereocenters. The van der Waals surface area contributed by atoms with Gasteiger partial charge in [-0.05, 0) is 47.7 Å². The molecule has 0 aromatic heterocycles. The topological polar surface area (TPSA) is 49.9 Å². The van der Waals surface area contributed by atoms with Crippen molar-refractivity contribution >= 4 is 23.4 Å².